The number of halogens is 1. The molecule has 2 aromatic rings. The van der Waals surface area contributed by atoms with Crippen LogP contribution in [0.15, 0.2) is 59.5 Å². The molecule has 1 fully saturated rings. The van der Waals surface area contributed by atoms with Crippen LogP contribution in [0.2, 0.25) is 0 Å². The summed E-state index contributed by atoms with van der Waals surface area (Å²) in [6.07, 6.45) is 2.88. The van der Waals surface area contributed by atoms with Gasteiger partial charge in [-0.25, -0.2) is 12.8 Å². The maximum atomic E-state index is 13.2. The number of nitriles is 1. The molecule has 0 bridgehead atoms. The number of hydrogen-bond donors (Lipinski definition) is 0. The van der Waals surface area contributed by atoms with Gasteiger partial charge in [-0.2, -0.15) is 9.57 Å². The molecule has 2 aromatic carbocycles. The van der Waals surface area contributed by atoms with Crippen molar-refractivity contribution < 1.29 is 17.6 Å². The van der Waals surface area contributed by atoms with Crippen LogP contribution in [-0.4, -0.2) is 49.7 Å². The van der Waals surface area contributed by atoms with Crippen molar-refractivity contribution in [3.05, 3.63) is 71.6 Å². The molecule has 0 saturated carbocycles. The van der Waals surface area contributed by atoms with Gasteiger partial charge in [0, 0.05) is 32.3 Å². The predicted octanol–water partition coefficient (Wildman–Crippen LogP) is 2.24. The number of piperazine rings is 1. The molecule has 0 radical (unpaired) electrons. The van der Waals surface area contributed by atoms with Gasteiger partial charge in [0.05, 0.1) is 10.5 Å². The first-order valence-corrected chi connectivity index (χ1v) is 10.1. The van der Waals surface area contributed by atoms with Crippen LogP contribution >= 0.6 is 0 Å². The second-order valence-electron chi connectivity index (χ2n) is 6.23. The Kier molecular flexibility index (Phi) is 5.87. The monoisotopic (exact) mass is 399 g/mol. The van der Waals surface area contributed by atoms with E-state index in [-0.39, 0.29) is 48.4 Å². The minimum atomic E-state index is -3.80. The Morgan fingerprint density at radius 1 is 1.07 bits per heavy atom. The summed E-state index contributed by atoms with van der Waals surface area (Å²) in [5.41, 5.74) is 0.668. The Hall–Kier alpha value is -3.02. The third kappa shape index (κ3) is 4.27. The quantitative estimate of drug-likeness (QED) is 0.739. The van der Waals surface area contributed by atoms with E-state index in [1.807, 2.05) is 6.07 Å². The molecule has 1 aliphatic heterocycles. The normalized spacial score (nSPS) is 15.5. The minimum Gasteiger partial charge on any atom is -0.337 e. The number of nitrogens with zero attached hydrogens (tertiary/aromatic N) is 3. The van der Waals surface area contributed by atoms with Gasteiger partial charge < -0.3 is 4.90 Å². The molecule has 1 aliphatic rings. The number of rotatable bonds is 4. The summed E-state index contributed by atoms with van der Waals surface area (Å²) in [4.78, 5) is 13.8. The number of hydrogen-bond acceptors (Lipinski definition) is 4. The second-order valence-corrected chi connectivity index (χ2v) is 8.13. The Labute approximate surface area is 163 Å². The van der Waals surface area contributed by atoms with Crippen molar-refractivity contribution in [2.75, 3.05) is 26.2 Å². The smallest absolute Gasteiger partial charge is 0.246 e. The van der Waals surface area contributed by atoms with Gasteiger partial charge in [0.25, 0.3) is 0 Å². The van der Waals surface area contributed by atoms with Gasteiger partial charge in [0.2, 0.25) is 15.9 Å². The van der Waals surface area contributed by atoms with Gasteiger partial charge in [-0.3, -0.25) is 4.79 Å². The van der Waals surface area contributed by atoms with Crippen molar-refractivity contribution in [3.8, 4) is 6.07 Å². The molecule has 0 N–H and O–H groups in total. The fourth-order valence-electron chi connectivity index (χ4n) is 2.96. The van der Waals surface area contributed by atoms with E-state index in [0.29, 0.717) is 5.56 Å². The topological polar surface area (TPSA) is 81.5 Å². The number of carbonyl (C=O) groups excluding carboxylic acids is 1. The van der Waals surface area contributed by atoms with Crippen LogP contribution in [0.4, 0.5) is 4.39 Å². The third-order valence-corrected chi connectivity index (χ3v) is 6.40. The van der Waals surface area contributed by atoms with Crippen LogP contribution < -0.4 is 0 Å². The van der Waals surface area contributed by atoms with Crippen molar-refractivity contribution in [3.63, 3.8) is 0 Å². The molecule has 144 valence electrons. The van der Waals surface area contributed by atoms with Crippen LogP contribution in [0.3, 0.4) is 0 Å². The molecule has 1 saturated heterocycles. The minimum absolute atomic E-state index is 0.0247. The summed E-state index contributed by atoms with van der Waals surface area (Å²) in [5, 5.41) is 9.15. The molecule has 6 nitrogen and oxygen atoms in total. The maximum absolute atomic E-state index is 13.2. The highest BCUT2D eigenvalue weighted by Gasteiger charge is 2.31. The summed E-state index contributed by atoms with van der Waals surface area (Å²) < 4.78 is 40.1. The summed E-state index contributed by atoms with van der Waals surface area (Å²) >= 11 is 0. The van der Waals surface area contributed by atoms with Crippen LogP contribution in [-0.2, 0) is 14.8 Å². The lowest BCUT2D eigenvalue weighted by Gasteiger charge is -2.33. The fraction of sp³-hybridized carbons (Fsp3) is 0.200. The molecule has 0 aliphatic carbocycles. The molecule has 0 unspecified atom stereocenters. The maximum Gasteiger partial charge on any atom is 0.246 e. The van der Waals surface area contributed by atoms with Crippen LogP contribution in [0, 0.1) is 17.1 Å². The zero-order chi connectivity index (χ0) is 20.1. The molecular weight excluding hydrogens is 381 g/mol. The average molecular weight is 399 g/mol. The molecule has 1 heterocycles. The molecule has 1 amide bonds. The van der Waals surface area contributed by atoms with E-state index in [9.17, 15) is 17.6 Å². The highest BCUT2D eigenvalue weighted by Crippen LogP contribution is 2.21. The van der Waals surface area contributed by atoms with E-state index in [1.165, 1.54) is 45.6 Å². The SMILES string of the molecule is N#Cc1ccccc1S(=O)(=O)N1CCN(C(=O)C=Cc2cccc(F)c2)CC1. The summed E-state index contributed by atoms with van der Waals surface area (Å²) in [5.74, 6) is -0.648. The van der Waals surface area contributed by atoms with Gasteiger partial charge >= 0.3 is 0 Å². The van der Waals surface area contributed by atoms with E-state index in [0.717, 1.165) is 0 Å². The number of sulfonamides is 1. The summed E-state index contributed by atoms with van der Waals surface area (Å²) in [6, 6.07) is 13.8. The fourth-order valence-corrected chi connectivity index (χ4v) is 4.52. The second kappa shape index (κ2) is 8.33. The average Bonchev–Trinajstić information content (AvgIpc) is 2.72. The van der Waals surface area contributed by atoms with Gasteiger partial charge in [0.15, 0.2) is 0 Å². The summed E-state index contributed by atoms with van der Waals surface area (Å²) in [7, 11) is -3.80. The lowest BCUT2D eigenvalue weighted by Crippen LogP contribution is -2.50. The molecule has 8 heteroatoms. The third-order valence-electron chi connectivity index (χ3n) is 4.44. The van der Waals surface area contributed by atoms with E-state index in [1.54, 1.807) is 24.3 Å². The van der Waals surface area contributed by atoms with Crippen molar-refractivity contribution in [1.82, 2.24) is 9.21 Å². The first-order chi connectivity index (χ1) is 13.4. The largest absolute Gasteiger partial charge is 0.337 e. The summed E-state index contributed by atoms with van der Waals surface area (Å²) in [6.45, 7) is 0.754. The number of benzene rings is 2. The van der Waals surface area contributed by atoms with Gasteiger partial charge in [-0.1, -0.05) is 24.3 Å². The van der Waals surface area contributed by atoms with E-state index < -0.39 is 10.0 Å². The van der Waals surface area contributed by atoms with Crippen molar-refractivity contribution in [2.45, 2.75) is 4.90 Å². The van der Waals surface area contributed by atoms with Crippen molar-refractivity contribution in [2.24, 2.45) is 0 Å². The van der Waals surface area contributed by atoms with Crippen molar-refractivity contribution >= 4 is 22.0 Å². The zero-order valence-corrected chi connectivity index (χ0v) is 15.8. The van der Waals surface area contributed by atoms with Gasteiger partial charge in [-0.15, -0.1) is 0 Å². The van der Waals surface area contributed by atoms with E-state index >= 15 is 0 Å². The molecule has 0 spiro atoms. The number of amides is 1. The van der Waals surface area contributed by atoms with E-state index in [2.05, 4.69) is 0 Å². The van der Waals surface area contributed by atoms with Gasteiger partial charge in [0.1, 0.15) is 11.9 Å². The molecule has 0 aromatic heterocycles. The standard InChI is InChI=1S/C20H18FN3O3S/c21-18-6-3-4-16(14-18)8-9-20(25)23-10-12-24(13-11-23)28(26,27)19-7-2-1-5-17(19)15-22/h1-9,14H,10-13H2. The lowest BCUT2D eigenvalue weighted by atomic mass is 10.2. The molecule has 0 atom stereocenters. The van der Waals surface area contributed by atoms with Crippen molar-refractivity contribution in [1.29, 1.82) is 5.26 Å². The Balaban J connectivity index is 1.65. The zero-order valence-electron chi connectivity index (χ0n) is 15.0. The molecular formula is C20H18FN3O3S. The Morgan fingerprint density at radius 3 is 2.46 bits per heavy atom. The van der Waals surface area contributed by atoms with Gasteiger partial charge in [-0.05, 0) is 35.9 Å². The van der Waals surface area contributed by atoms with Crippen LogP contribution in [0.5, 0.6) is 0 Å². The highest BCUT2D eigenvalue weighted by atomic mass is 32.2. The van der Waals surface area contributed by atoms with E-state index in [4.69, 9.17) is 5.26 Å². The first kappa shape index (κ1) is 19.7. The molecule has 28 heavy (non-hydrogen) atoms. The van der Waals surface area contributed by atoms with Crippen LogP contribution in [0.1, 0.15) is 11.1 Å². The Morgan fingerprint density at radius 2 is 1.79 bits per heavy atom. The highest BCUT2D eigenvalue weighted by molar-refractivity contribution is 7.89. The first-order valence-electron chi connectivity index (χ1n) is 8.63. The molecule has 3 rings (SSSR count). The van der Waals surface area contributed by atoms with Crippen LogP contribution in [0.25, 0.3) is 6.08 Å². The lowest BCUT2D eigenvalue weighted by molar-refractivity contribution is -0.127. The predicted molar refractivity (Wildman–Crippen MR) is 102 cm³/mol. The number of carbonyl (C=O) groups is 1. The Bertz CT molecular complexity index is 1050.